The second-order valence-corrected chi connectivity index (χ2v) is 5.72. The second-order valence-electron chi connectivity index (χ2n) is 5.72. The van der Waals surface area contributed by atoms with Crippen LogP contribution in [0.5, 0.6) is 0 Å². The molecule has 0 bridgehead atoms. The molecule has 5 nitrogen and oxygen atoms in total. The Morgan fingerprint density at radius 3 is 3.00 bits per heavy atom. The van der Waals surface area contributed by atoms with Crippen molar-refractivity contribution >= 4 is 16.9 Å². The Labute approximate surface area is 123 Å². The number of nitrogens with one attached hydrogen (secondary N) is 1. The van der Waals surface area contributed by atoms with E-state index in [9.17, 15) is 0 Å². The summed E-state index contributed by atoms with van der Waals surface area (Å²) in [5.41, 5.74) is 5.44. The molecule has 3 aromatic rings. The summed E-state index contributed by atoms with van der Waals surface area (Å²) in [5, 5.41) is 0. The van der Waals surface area contributed by atoms with Crippen molar-refractivity contribution in [2.45, 2.75) is 26.3 Å². The van der Waals surface area contributed by atoms with Gasteiger partial charge < -0.3 is 9.88 Å². The Morgan fingerprint density at radius 2 is 2.19 bits per heavy atom. The molecule has 5 heteroatoms. The SMILES string of the molecule is CC(C)N1CCc2cc(-c3nc4cncnc4[nH]3)ccc21. The van der Waals surface area contributed by atoms with Crippen LogP contribution in [0.3, 0.4) is 0 Å². The third kappa shape index (κ3) is 1.96. The predicted octanol–water partition coefficient (Wildman–Crippen LogP) is 2.79. The summed E-state index contributed by atoms with van der Waals surface area (Å²) in [7, 11) is 0. The topological polar surface area (TPSA) is 57.7 Å². The molecule has 1 aliphatic rings. The highest BCUT2D eigenvalue weighted by Crippen LogP contribution is 2.33. The van der Waals surface area contributed by atoms with Crippen molar-refractivity contribution in [1.82, 2.24) is 19.9 Å². The van der Waals surface area contributed by atoms with E-state index in [0.29, 0.717) is 6.04 Å². The summed E-state index contributed by atoms with van der Waals surface area (Å²) >= 11 is 0. The van der Waals surface area contributed by atoms with Gasteiger partial charge in [0.1, 0.15) is 17.7 Å². The number of aromatic amines is 1. The molecule has 3 heterocycles. The number of imidazole rings is 1. The van der Waals surface area contributed by atoms with Crippen LogP contribution in [-0.2, 0) is 6.42 Å². The molecule has 0 saturated heterocycles. The van der Waals surface area contributed by atoms with Gasteiger partial charge in [-0.05, 0) is 44.0 Å². The van der Waals surface area contributed by atoms with E-state index in [1.54, 1.807) is 6.20 Å². The van der Waals surface area contributed by atoms with Gasteiger partial charge in [-0.25, -0.2) is 15.0 Å². The summed E-state index contributed by atoms with van der Waals surface area (Å²) in [6, 6.07) is 7.11. The molecule has 1 aromatic carbocycles. The molecule has 1 N–H and O–H groups in total. The average Bonchev–Trinajstić information content (AvgIpc) is 3.10. The van der Waals surface area contributed by atoms with Gasteiger partial charge in [-0.3, -0.25) is 0 Å². The van der Waals surface area contributed by atoms with Crippen molar-refractivity contribution in [3.8, 4) is 11.4 Å². The van der Waals surface area contributed by atoms with Gasteiger partial charge in [-0.15, -0.1) is 0 Å². The lowest BCUT2D eigenvalue weighted by Gasteiger charge is -2.23. The highest BCUT2D eigenvalue weighted by Gasteiger charge is 2.21. The molecule has 1 aliphatic heterocycles. The molecule has 0 amide bonds. The van der Waals surface area contributed by atoms with Crippen molar-refractivity contribution in [2.75, 3.05) is 11.4 Å². The fourth-order valence-corrected chi connectivity index (χ4v) is 3.01. The molecule has 2 aromatic heterocycles. The molecule has 21 heavy (non-hydrogen) atoms. The number of benzene rings is 1. The monoisotopic (exact) mass is 279 g/mol. The zero-order chi connectivity index (χ0) is 14.4. The van der Waals surface area contributed by atoms with Gasteiger partial charge in [-0.2, -0.15) is 0 Å². The normalized spacial score (nSPS) is 14.1. The van der Waals surface area contributed by atoms with Gasteiger partial charge in [0, 0.05) is 23.8 Å². The molecular weight excluding hydrogens is 262 g/mol. The first kappa shape index (κ1) is 12.3. The molecule has 0 aliphatic carbocycles. The van der Waals surface area contributed by atoms with Crippen LogP contribution in [0.1, 0.15) is 19.4 Å². The maximum atomic E-state index is 4.57. The number of fused-ring (bicyclic) bond motifs is 2. The lowest BCUT2D eigenvalue weighted by atomic mass is 10.1. The fourth-order valence-electron chi connectivity index (χ4n) is 3.01. The molecule has 0 unspecified atom stereocenters. The molecular formula is C16H17N5. The Balaban J connectivity index is 1.77. The number of hydrogen-bond donors (Lipinski definition) is 1. The molecule has 106 valence electrons. The maximum Gasteiger partial charge on any atom is 0.161 e. The highest BCUT2D eigenvalue weighted by molar-refractivity contribution is 5.76. The van der Waals surface area contributed by atoms with Crippen LogP contribution in [-0.4, -0.2) is 32.5 Å². The van der Waals surface area contributed by atoms with Crippen molar-refractivity contribution in [2.24, 2.45) is 0 Å². The Bertz CT molecular complexity index is 772. The first-order valence-electron chi connectivity index (χ1n) is 7.28. The lowest BCUT2D eigenvalue weighted by molar-refractivity contribution is 0.710. The summed E-state index contributed by atoms with van der Waals surface area (Å²) in [5.74, 6) is 0.858. The van der Waals surface area contributed by atoms with Gasteiger partial charge in [0.2, 0.25) is 0 Å². The number of H-pyrrole nitrogens is 1. The standard InChI is InChI=1S/C16H17N5/c1-10(2)21-6-5-11-7-12(3-4-14(11)21)15-19-13-8-17-9-18-16(13)20-15/h3-4,7-10H,5-6H2,1-2H3,(H,17,18,19,20). The minimum absolute atomic E-state index is 0.540. The summed E-state index contributed by atoms with van der Waals surface area (Å²) in [4.78, 5) is 18.5. The van der Waals surface area contributed by atoms with Crippen molar-refractivity contribution in [3.05, 3.63) is 36.3 Å². The Kier molecular flexibility index (Phi) is 2.67. The molecule has 0 radical (unpaired) electrons. The van der Waals surface area contributed by atoms with Gasteiger partial charge in [0.05, 0.1) is 6.20 Å². The number of aromatic nitrogens is 4. The smallest absolute Gasteiger partial charge is 0.161 e. The quantitative estimate of drug-likeness (QED) is 0.783. The molecule has 0 spiro atoms. The van der Waals surface area contributed by atoms with Crippen LogP contribution in [0, 0.1) is 0 Å². The number of hydrogen-bond acceptors (Lipinski definition) is 4. The van der Waals surface area contributed by atoms with Crippen LogP contribution in [0.15, 0.2) is 30.7 Å². The van der Waals surface area contributed by atoms with Gasteiger partial charge in [0.15, 0.2) is 5.65 Å². The van der Waals surface area contributed by atoms with Crippen LogP contribution in [0.2, 0.25) is 0 Å². The third-order valence-corrected chi connectivity index (χ3v) is 4.07. The van der Waals surface area contributed by atoms with E-state index < -0.39 is 0 Å². The van der Waals surface area contributed by atoms with Gasteiger partial charge >= 0.3 is 0 Å². The molecule has 0 atom stereocenters. The van der Waals surface area contributed by atoms with E-state index in [1.807, 2.05) is 0 Å². The predicted molar refractivity (Wildman–Crippen MR) is 83.3 cm³/mol. The van der Waals surface area contributed by atoms with Crippen molar-refractivity contribution in [3.63, 3.8) is 0 Å². The van der Waals surface area contributed by atoms with E-state index in [0.717, 1.165) is 35.5 Å². The first-order chi connectivity index (χ1) is 10.2. The Hall–Kier alpha value is -2.43. The number of anilines is 1. The second kappa shape index (κ2) is 4.55. The number of rotatable bonds is 2. The van der Waals surface area contributed by atoms with Gasteiger partial charge in [-0.1, -0.05) is 0 Å². The molecule has 0 fully saturated rings. The average molecular weight is 279 g/mol. The Morgan fingerprint density at radius 1 is 1.29 bits per heavy atom. The highest BCUT2D eigenvalue weighted by atomic mass is 15.2. The zero-order valence-electron chi connectivity index (χ0n) is 12.2. The lowest BCUT2D eigenvalue weighted by Crippen LogP contribution is -2.28. The van der Waals surface area contributed by atoms with E-state index in [4.69, 9.17) is 0 Å². The van der Waals surface area contributed by atoms with E-state index in [2.05, 4.69) is 56.9 Å². The van der Waals surface area contributed by atoms with Crippen molar-refractivity contribution < 1.29 is 0 Å². The largest absolute Gasteiger partial charge is 0.369 e. The van der Waals surface area contributed by atoms with E-state index >= 15 is 0 Å². The van der Waals surface area contributed by atoms with E-state index in [1.165, 1.54) is 17.6 Å². The first-order valence-corrected chi connectivity index (χ1v) is 7.28. The third-order valence-electron chi connectivity index (χ3n) is 4.07. The van der Waals surface area contributed by atoms with Crippen LogP contribution in [0.25, 0.3) is 22.6 Å². The van der Waals surface area contributed by atoms with Crippen LogP contribution >= 0.6 is 0 Å². The number of nitrogens with zero attached hydrogens (tertiary/aromatic N) is 4. The molecule has 4 rings (SSSR count). The van der Waals surface area contributed by atoms with Gasteiger partial charge in [0.25, 0.3) is 0 Å². The van der Waals surface area contributed by atoms with Crippen LogP contribution in [0.4, 0.5) is 5.69 Å². The van der Waals surface area contributed by atoms with Crippen molar-refractivity contribution in [1.29, 1.82) is 0 Å². The minimum Gasteiger partial charge on any atom is -0.369 e. The summed E-state index contributed by atoms with van der Waals surface area (Å²) in [6.45, 7) is 5.57. The zero-order valence-corrected chi connectivity index (χ0v) is 12.2. The van der Waals surface area contributed by atoms with E-state index in [-0.39, 0.29) is 0 Å². The fraction of sp³-hybridized carbons (Fsp3) is 0.312. The summed E-state index contributed by atoms with van der Waals surface area (Å²) < 4.78 is 0. The maximum absolute atomic E-state index is 4.57. The summed E-state index contributed by atoms with van der Waals surface area (Å²) in [6.07, 6.45) is 4.37. The molecule has 0 saturated carbocycles. The minimum atomic E-state index is 0.540. The van der Waals surface area contributed by atoms with Crippen LogP contribution < -0.4 is 4.90 Å².